The SMILES string of the molecule is C[C@@H]1CC[C@]2(C(=O)OC3O[C@H](CO)[C@@H](O)[C@H](O)[C@H]3O)CC[C@]3(C)C(=CCC4[C@@]5(C)C[C@@H](O)[C@H](OC6OC[C@H](O)[C@H](O)[C@H]6O)[C@@](C)(CO)C5CC[C@]43C)C2[C@H]1C. The number of carbonyl (C=O) groups is 1. The van der Waals surface area contributed by atoms with Gasteiger partial charge >= 0.3 is 5.97 Å². The molecule has 7 rings (SSSR count). The summed E-state index contributed by atoms with van der Waals surface area (Å²) in [6.07, 6.45) is -7.46. The average Bonchev–Trinajstić information content (AvgIpc) is 3.14. The third kappa shape index (κ3) is 5.97. The van der Waals surface area contributed by atoms with Crippen LogP contribution in [0.2, 0.25) is 0 Å². The Morgan fingerprint density at radius 2 is 1.51 bits per heavy atom. The number of rotatable bonds is 6. The average molecular weight is 783 g/mol. The van der Waals surface area contributed by atoms with E-state index in [2.05, 4.69) is 40.7 Å². The molecule has 21 atom stereocenters. The minimum absolute atomic E-state index is 0.0731. The largest absolute Gasteiger partial charge is 0.432 e. The summed E-state index contributed by atoms with van der Waals surface area (Å²) in [4.78, 5) is 14.6. The van der Waals surface area contributed by atoms with Crippen LogP contribution >= 0.6 is 0 Å². The van der Waals surface area contributed by atoms with E-state index in [1.807, 2.05) is 6.92 Å². The summed E-state index contributed by atoms with van der Waals surface area (Å²) >= 11 is 0. The Kier molecular flexibility index (Phi) is 11.0. The Bertz CT molecular complexity index is 1480. The fourth-order valence-electron chi connectivity index (χ4n) is 13.6. The maximum atomic E-state index is 14.6. The number of fused-ring (bicyclic) bond motifs is 7. The highest BCUT2D eigenvalue weighted by Gasteiger charge is 2.71. The molecule has 0 amide bonds. The van der Waals surface area contributed by atoms with Gasteiger partial charge in [-0.25, -0.2) is 0 Å². The van der Waals surface area contributed by atoms with Crippen molar-refractivity contribution in [2.45, 2.75) is 160 Å². The summed E-state index contributed by atoms with van der Waals surface area (Å²) in [7, 11) is 0. The number of aliphatic hydroxyl groups excluding tert-OH is 9. The molecule has 14 nitrogen and oxygen atoms in total. The van der Waals surface area contributed by atoms with Crippen molar-refractivity contribution < 1.29 is 69.7 Å². The van der Waals surface area contributed by atoms with Gasteiger partial charge in [-0.1, -0.05) is 53.2 Å². The Morgan fingerprint density at radius 3 is 2.18 bits per heavy atom. The van der Waals surface area contributed by atoms with Crippen molar-refractivity contribution in [2.24, 2.45) is 56.7 Å². The van der Waals surface area contributed by atoms with Gasteiger partial charge in [0, 0.05) is 5.41 Å². The van der Waals surface area contributed by atoms with E-state index in [9.17, 15) is 50.8 Å². The predicted molar refractivity (Wildman–Crippen MR) is 194 cm³/mol. The van der Waals surface area contributed by atoms with Gasteiger partial charge in [-0.15, -0.1) is 0 Å². The van der Waals surface area contributed by atoms with Crippen LogP contribution in [0.5, 0.6) is 0 Å². The number of hydrogen-bond donors (Lipinski definition) is 9. The maximum absolute atomic E-state index is 14.6. The molecule has 2 saturated heterocycles. The monoisotopic (exact) mass is 782 g/mol. The second kappa shape index (κ2) is 14.5. The molecule has 7 aliphatic rings. The van der Waals surface area contributed by atoms with Crippen molar-refractivity contribution in [1.82, 2.24) is 0 Å². The van der Waals surface area contributed by atoms with E-state index >= 15 is 0 Å². The molecule has 6 fully saturated rings. The van der Waals surface area contributed by atoms with Crippen molar-refractivity contribution in [3.8, 4) is 0 Å². The van der Waals surface area contributed by atoms with Crippen LogP contribution in [0.4, 0.5) is 0 Å². The summed E-state index contributed by atoms with van der Waals surface area (Å²) in [5.74, 6) is -0.182. The molecule has 5 aliphatic carbocycles. The third-order valence-corrected chi connectivity index (χ3v) is 17.3. The molecule has 0 aromatic carbocycles. The van der Waals surface area contributed by atoms with E-state index in [4.69, 9.17) is 18.9 Å². The lowest BCUT2D eigenvalue weighted by atomic mass is 9.33. The van der Waals surface area contributed by atoms with Crippen LogP contribution in [-0.4, -0.2) is 139 Å². The van der Waals surface area contributed by atoms with Gasteiger partial charge in [0.25, 0.3) is 0 Å². The van der Waals surface area contributed by atoms with E-state index in [1.165, 1.54) is 5.57 Å². The van der Waals surface area contributed by atoms with E-state index < -0.39 is 96.3 Å². The smallest absolute Gasteiger partial charge is 0.315 e. The molecule has 0 radical (unpaired) electrons. The Labute approximate surface area is 323 Å². The molecule has 9 N–H and O–H groups in total. The minimum atomic E-state index is -1.69. The van der Waals surface area contributed by atoms with Crippen LogP contribution in [-0.2, 0) is 23.7 Å². The molecule has 314 valence electrons. The highest BCUT2D eigenvalue weighted by Crippen LogP contribution is 2.76. The first kappa shape index (κ1) is 41.9. The van der Waals surface area contributed by atoms with Crippen molar-refractivity contribution in [3.63, 3.8) is 0 Å². The molecule has 0 aromatic heterocycles. The highest BCUT2D eigenvalue weighted by molar-refractivity contribution is 5.79. The minimum Gasteiger partial charge on any atom is -0.432 e. The van der Waals surface area contributed by atoms with Crippen LogP contribution in [0.15, 0.2) is 11.6 Å². The van der Waals surface area contributed by atoms with Crippen molar-refractivity contribution >= 4 is 5.97 Å². The van der Waals surface area contributed by atoms with Gasteiger partial charge in [0.1, 0.15) is 42.7 Å². The van der Waals surface area contributed by atoms with E-state index in [-0.39, 0.29) is 47.7 Å². The van der Waals surface area contributed by atoms with Gasteiger partial charge in [-0.05, 0) is 97.2 Å². The first-order valence-corrected chi connectivity index (χ1v) is 20.6. The first-order chi connectivity index (χ1) is 25.8. The number of carbonyl (C=O) groups excluding carboxylic acids is 1. The molecule has 0 bridgehead atoms. The lowest BCUT2D eigenvalue weighted by Gasteiger charge is -2.72. The first-order valence-electron chi connectivity index (χ1n) is 20.6. The van der Waals surface area contributed by atoms with Crippen LogP contribution in [0.3, 0.4) is 0 Å². The van der Waals surface area contributed by atoms with E-state index in [0.717, 1.165) is 19.3 Å². The van der Waals surface area contributed by atoms with E-state index in [0.29, 0.717) is 38.0 Å². The number of ether oxygens (including phenoxy) is 4. The number of aliphatic hydroxyl groups is 9. The standard InChI is InChI=1S/C41H66O14/c1-19-9-12-41(36(51)55-35-32(50)30(48)29(47)24(16-42)53-35)14-13-39(5)21(27(41)20(19)2)7-8-26-37(3)15-22(44)33(54-34-31(49)28(46)23(45)17-52-34)38(4,18-43)25(37)10-11-40(26,39)6/h7,19-20,22-35,42-50H,8-18H2,1-6H3/t19-,20+,22-,23+,24-,25?,26?,27?,28+,29-,30+,31-,32-,33+,34?,35?,37+,38+,39-,40-,41+/m1/s1. The lowest BCUT2D eigenvalue weighted by Crippen LogP contribution is -2.69. The molecule has 0 aromatic rings. The van der Waals surface area contributed by atoms with Crippen LogP contribution in [0.25, 0.3) is 0 Å². The van der Waals surface area contributed by atoms with Crippen LogP contribution in [0.1, 0.15) is 92.9 Å². The Balaban J connectivity index is 1.20. The zero-order valence-electron chi connectivity index (χ0n) is 33.2. The molecule has 2 heterocycles. The van der Waals surface area contributed by atoms with Crippen LogP contribution in [0, 0.1) is 56.7 Å². The number of esters is 1. The third-order valence-electron chi connectivity index (χ3n) is 17.3. The van der Waals surface area contributed by atoms with Gasteiger partial charge in [0.2, 0.25) is 6.29 Å². The predicted octanol–water partition coefficient (Wildman–Crippen LogP) is 0.755. The van der Waals surface area contributed by atoms with Gasteiger partial charge in [0.15, 0.2) is 6.29 Å². The van der Waals surface area contributed by atoms with Gasteiger partial charge < -0.3 is 64.9 Å². The zero-order valence-corrected chi connectivity index (χ0v) is 33.2. The van der Waals surface area contributed by atoms with Crippen molar-refractivity contribution in [2.75, 3.05) is 19.8 Å². The maximum Gasteiger partial charge on any atom is 0.315 e. The molecule has 55 heavy (non-hydrogen) atoms. The summed E-state index contributed by atoms with van der Waals surface area (Å²) in [6, 6.07) is 0. The molecular formula is C41H66O14. The summed E-state index contributed by atoms with van der Waals surface area (Å²) in [6.45, 7) is 12.2. The lowest BCUT2D eigenvalue weighted by molar-refractivity contribution is -0.328. The topological polar surface area (TPSA) is 236 Å². The summed E-state index contributed by atoms with van der Waals surface area (Å²) in [5, 5.41) is 95.4. The van der Waals surface area contributed by atoms with E-state index in [1.54, 1.807) is 0 Å². The number of allylic oxidation sites excluding steroid dienone is 2. The molecule has 14 heteroatoms. The number of hydrogen-bond acceptors (Lipinski definition) is 14. The molecular weight excluding hydrogens is 716 g/mol. The fourth-order valence-corrected chi connectivity index (χ4v) is 13.6. The highest BCUT2D eigenvalue weighted by atomic mass is 16.7. The molecule has 0 spiro atoms. The molecule has 5 unspecified atom stereocenters. The summed E-state index contributed by atoms with van der Waals surface area (Å²) < 4.78 is 23.4. The van der Waals surface area contributed by atoms with Gasteiger partial charge in [-0.2, -0.15) is 0 Å². The Morgan fingerprint density at radius 1 is 0.818 bits per heavy atom. The normalized spacial score (nSPS) is 56.6. The quantitative estimate of drug-likeness (QED) is 0.103. The second-order valence-corrected chi connectivity index (χ2v) is 19.6. The van der Waals surface area contributed by atoms with Gasteiger partial charge in [-0.3, -0.25) is 4.79 Å². The second-order valence-electron chi connectivity index (χ2n) is 19.6. The molecule has 2 aliphatic heterocycles. The fraction of sp³-hybridized carbons (Fsp3) is 0.927. The zero-order chi connectivity index (χ0) is 40.2. The summed E-state index contributed by atoms with van der Waals surface area (Å²) in [5.41, 5.74) is -1.59. The molecule has 4 saturated carbocycles. The Hall–Kier alpha value is -1.27. The van der Waals surface area contributed by atoms with Crippen LogP contribution < -0.4 is 0 Å². The van der Waals surface area contributed by atoms with Crippen molar-refractivity contribution in [3.05, 3.63) is 11.6 Å². The van der Waals surface area contributed by atoms with Gasteiger partial charge in [0.05, 0.1) is 37.4 Å². The van der Waals surface area contributed by atoms with Crippen molar-refractivity contribution in [1.29, 1.82) is 0 Å².